The fourth-order valence-electron chi connectivity index (χ4n) is 3.34. The van der Waals surface area contributed by atoms with Crippen molar-refractivity contribution in [2.24, 2.45) is 11.7 Å². The van der Waals surface area contributed by atoms with Gasteiger partial charge in [0.25, 0.3) is 5.91 Å². The van der Waals surface area contributed by atoms with Crippen molar-refractivity contribution in [2.45, 2.75) is 12.8 Å². The lowest BCUT2D eigenvalue weighted by Crippen LogP contribution is -2.30. The van der Waals surface area contributed by atoms with Gasteiger partial charge in [-0.3, -0.25) is 4.79 Å². The largest absolute Gasteiger partial charge is 0.338 e. The van der Waals surface area contributed by atoms with Crippen molar-refractivity contribution in [3.05, 3.63) is 71.3 Å². The molecule has 0 spiro atoms. The van der Waals surface area contributed by atoms with Crippen molar-refractivity contribution in [1.29, 1.82) is 0 Å². The monoisotopic (exact) mass is 294 g/mol. The van der Waals surface area contributed by atoms with Crippen molar-refractivity contribution < 1.29 is 4.79 Å². The van der Waals surface area contributed by atoms with Crippen LogP contribution in [0, 0.1) is 12.8 Å². The van der Waals surface area contributed by atoms with Gasteiger partial charge in [-0.05, 0) is 36.6 Å². The van der Waals surface area contributed by atoms with Gasteiger partial charge >= 0.3 is 0 Å². The third kappa shape index (κ3) is 2.77. The number of carbonyl (C=O) groups is 1. The zero-order chi connectivity index (χ0) is 15.5. The molecule has 0 bridgehead atoms. The van der Waals surface area contributed by atoms with Crippen LogP contribution in [0.25, 0.3) is 0 Å². The predicted octanol–water partition coefficient (Wildman–Crippen LogP) is 2.81. The zero-order valence-electron chi connectivity index (χ0n) is 12.9. The first-order chi connectivity index (χ1) is 10.7. The van der Waals surface area contributed by atoms with Crippen LogP contribution in [0.1, 0.15) is 27.4 Å². The van der Waals surface area contributed by atoms with Crippen LogP contribution in [0.15, 0.2) is 54.6 Å². The van der Waals surface area contributed by atoms with Crippen LogP contribution in [0.3, 0.4) is 0 Å². The first kappa shape index (κ1) is 14.8. The molecular weight excluding hydrogens is 272 g/mol. The number of hydrogen-bond donors (Lipinski definition) is 1. The van der Waals surface area contributed by atoms with Gasteiger partial charge in [0.1, 0.15) is 0 Å². The Morgan fingerprint density at radius 1 is 1.09 bits per heavy atom. The highest BCUT2D eigenvalue weighted by Crippen LogP contribution is 2.33. The van der Waals surface area contributed by atoms with Crippen molar-refractivity contribution in [3.63, 3.8) is 0 Å². The van der Waals surface area contributed by atoms with Crippen molar-refractivity contribution in [2.75, 3.05) is 19.6 Å². The van der Waals surface area contributed by atoms with E-state index in [0.29, 0.717) is 18.4 Å². The Morgan fingerprint density at radius 3 is 2.45 bits per heavy atom. The zero-order valence-corrected chi connectivity index (χ0v) is 12.9. The number of benzene rings is 2. The van der Waals surface area contributed by atoms with Gasteiger partial charge in [0, 0.05) is 24.6 Å². The number of nitrogens with two attached hydrogens (primary N) is 1. The first-order valence-electron chi connectivity index (χ1n) is 7.80. The number of nitrogens with zero attached hydrogens (tertiary/aromatic N) is 1. The Kier molecular flexibility index (Phi) is 4.25. The van der Waals surface area contributed by atoms with Gasteiger partial charge in [-0.25, -0.2) is 0 Å². The second kappa shape index (κ2) is 6.32. The minimum atomic E-state index is 0.120. The summed E-state index contributed by atoms with van der Waals surface area (Å²) in [6, 6.07) is 18.2. The summed E-state index contributed by atoms with van der Waals surface area (Å²) in [5.74, 6) is 0.782. The van der Waals surface area contributed by atoms with Gasteiger partial charge in [0.05, 0.1) is 0 Å². The highest BCUT2D eigenvalue weighted by molar-refractivity contribution is 5.95. The molecule has 1 fully saturated rings. The summed E-state index contributed by atoms with van der Waals surface area (Å²) >= 11 is 0. The molecule has 2 aromatic rings. The lowest BCUT2D eigenvalue weighted by Gasteiger charge is -2.18. The maximum Gasteiger partial charge on any atom is 0.254 e. The number of aryl methyl sites for hydroxylation is 1. The highest BCUT2D eigenvalue weighted by Gasteiger charge is 2.35. The summed E-state index contributed by atoms with van der Waals surface area (Å²) in [5, 5.41) is 0. The summed E-state index contributed by atoms with van der Waals surface area (Å²) < 4.78 is 0. The van der Waals surface area contributed by atoms with E-state index in [-0.39, 0.29) is 5.91 Å². The van der Waals surface area contributed by atoms with E-state index in [1.165, 1.54) is 5.56 Å². The summed E-state index contributed by atoms with van der Waals surface area (Å²) in [5.41, 5.74) is 9.06. The molecule has 114 valence electrons. The van der Waals surface area contributed by atoms with Crippen molar-refractivity contribution in [3.8, 4) is 0 Å². The number of hydrogen-bond acceptors (Lipinski definition) is 2. The molecule has 1 heterocycles. The quantitative estimate of drug-likeness (QED) is 0.946. The molecule has 3 nitrogen and oxygen atoms in total. The topological polar surface area (TPSA) is 46.3 Å². The maximum absolute atomic E-state index is 12.8. The summed E-state index contributed by atoms with van der Waals surface area (Å²) in [7, 11) is 0. The normalized spacial score (nSPS) is 21.1. The van der Waals surface area contributed by atoms with Crippen LogP contribution >= 0.6 is 0 Å². The molecule has 0 radical (unpaired) electrons. The van der Waals surface area contributed by atoms with Gasteiger partial charge in [-0.1, -0.05) is 48.5 Å². The van der Waals surface area contributed by atoms with Crippen LogP contribution in [0.2, 0.25) is 0 Å². The van der Waals surface area contributed by atoms with Crippen LogP contribution in [-0.4, -0.2) is 30.4 Å². The van der Waals surface area contributed by atoms with Crippen molar-refractivity contribution in [1.82, 2.24) is 4.90 Å². The Hall–Kier alpha value is -2.13. The SMILES string of the molecule is Cc1ccccc1C(=O)N1C[C@@H](CN)[C@H](c2ccccc2)C1. The van der Waals surface area contributed by atoms with E-state index in [1.54, 1.807) is 0 Å². The fraction of sp³-hybridized carbons (Fsp3) is 0.316. The lowest BCUT2D eigenvalue weighted by atomic mass is 9.89. The van der Waals surface area contributed by atoms with E-state index >= 15 is 0 Å². The van der Waals surface area contributed by atoms with Gasteiger partial charge in [0.15, 0.2) is 0 Å². The predicted molar refractivity (Wildman–Crippen MR) is 88.8 cm³/mol. The Morgan fingerprint density at radius 2 is 1.77 bits per heavy atom. The van der Waals surface area contributed by atoms with Crippen molar-refractivity contribution >= 4 is 5.91 Å². The van der Waals surface area contributed by atoms with Gasteiger partial charge in [0.2, 0.25) is 0 Å². The molecule has 0 saturated carbocycles. The number of carbonyl (C=O) groups excluding carboxylic acids is 1. The standard InChI is InChI=1S/C19H22N2O/c1-14-7-5-6-10-17(14)19(22)21-12-16(11-20)18(13-21)15-8-3-2-4-9-15/h2-10,16,18H,11-13,20H2,1H3/t16-,18+/m1/s1. The average Bonchev–Trinajstić information content (AvgIpc) is 3.00. The lowest BCUT2D eigenvalue weighted by molar-refractivity contribution is 0.0785. The number of amides is 1. The molecule has 0 aliphatic carbocycles. The molecule has 1 aliphatic heterocycles. The minimum Gasteiger partial charge on any atom is -0.338 e. The Labute approximate surface area is 131 Å². The molecule has 22 heavy (non-hydrogen) atoms. The molecule has 2 aromatic carbocycles. The van der Waals surface area contributed by atoms with Gasteiger partial charge < -0.3 is 10.6 Å². The molecule has 0 aromatic heterocycles. The summed E-state index contributed by atoms with van der Waals surface area (Å²) in [4.78, 5) is 14.7. The fourth-order valence-corrected chi connectivity index (χ4v) is 3.34. The molecule has 1 amide bonds. The molecule has 2 atom stereocenters. The highest BCUT2D eigenvalue weighted by atomic mass is 16.2. The smallest absolute Gasteiger partial charge is 0.254 e. The van der Waals surface area contributed by atoms with Gasteiger partial charge in [-0.15, -0.1) is 0 Å². The second-order valence-electron chi connectivity index (χ2n) is 6.04. The maximum atomic E-state index is 12.8. The molecule has 0 unspecified atom stereocenters. The van der Waals surface area contributed by atoms with E-state index in [4.69, 9.17) is 5.73 Å². The van der Waals surface area contributed by atoms with E-state index < -0.39 is 0 Å². The Balaban J connectivity index is 1.83. The summed E-state index contributed by atoms with van der Waals surface area (Å²) in [6.45, 7) is 4.08. The van der Waals surface area contributed by atoms with E-state index in [9.17, 15) is 4.79 Å². The van der Waals surface area contributed by atoms with Crippen LogP contribution in [-0.2, 0) is 0 Å². The third-order valence-corrected chi connectivity index (χ3v) is 4.63. The molecule has 2 N–H and O–H groups in total. The van der Waals surface area contributed by atoms with Gasteiger partial charge in [-0.2, -0.15) is 0 Å². The third-order valence-electron chi connectivity index (χ3n) is 4.63. The number of rotatable bonds is 3. The molecule has 3 rings (SSSR count). The van der Waals surface area contributed by atoms with Crippen LogP contribution in [0.4, 0.5) is 0 Å². The van der Waals surface area contributed by atoms with E-state index in [1.807, 2.05) is 42.2 Å². The average molecular weight is 294 g/mol. The minimum absolute atomic E-state index is 0.120. The van der Waals surface area contributed by atoms with E-state index in [2.05, 4.69) is 24.3 Å². The number of likely N-dealkylation sites (tertiary alicyclic amines) is 1. The van der Waals surface area contributed by atoms with E-state index in [0.717, 1.165) is 24.2 Å². The first-order valence-corrected chi connectivity index (χ1v) is 7.80. The molecular formula is C19H22N2O. The second-order valence-corrected chi connectivity index (χ2v) is 6.04. The van der Waals surface area contributed by atoms with Crippen LogP contribution < -0.4 is 5.73 Å². The Bertz CT molecular complexity index is 653. The molecule has 1 aliphatic rings. The summed E-state index contributed by atoms with van der Waals surface area (Å²) in [6.07, 6.45) is 0. The van der Waals surface area contributed by atoms with Crippen LogP contribution in [0.5, 0.6) is 0 Å². The molecule has 3 heteroatoms. The molecule has 1 saturated heterocycles.